The summed E-state index contributed by atoms with van der Waals surface area (Å²) in [5, 5.41) is 5.11. The Balaban J connectivity index is 1.65. The lowest BCUT2D eigenvalue weighted by Crippen LogP contribution is -2.15. The van der Waals surface area contributed by atoms with Gasteiger partial charge in [-0.15, -0.1) is 0 Å². The van der Waals surface area contributed by atoms with Crippen molar-refractivity contribution in [1.82, 2.24) is 4.98 Å². The van der Waals surface area contributed by atoms with Gasteiger partial charge in [-0.25, -0.2) is 18.2 Å². The van der Waals surface area contributed by atoms with Crippen molar-refractivity contribution in [2.75, 3.05) is 10.6 Å². The third-order valence-corrected chi connectivity index (χ3v) is 3.64. The molecule has 0 unspecified atom stereocenters. The number of benzene rings is 2. The van der Waals surface area contributed by atoms with E-state index in [-0.39, 0.29) is 17.9 Å². The highest BCUT2D eigenvalue weighted by atomic mass is 19.1. The fourth-order valence-electron chi connectivity index (χ4n) is 2.26. The maximum atomic E-state index is 13.6. The number of amides is 1. The van der Waals surface area contributed by atoms with Crippen LogP contribution in [-0.2, 0) is 6.54 Å². The van der Waals surface area contributed by atoms with E-state index in [2.05, 4.69) is 15.6 Å². The molecule has 0 saturated carbocycles. The van der Waals surface area contributed by atoms with Crippen LogP contribution in [-0.4, -0.2) is 10.9 Å². The Morgan fingerprint density at radius 1 is 0.885 bits per heavy atom. The number of nitrogens with zero attached hydrogens (tertiary/aromatic N) is 1. The molecule has 0 spiro atoms. The van der Waals surface area contributed by atoms with E-state index in [9.17, 15) is 18.0 Å². The second kappa shape index (κ2) is 7.69. The van der Waals surface area contributed by atoms with Crippen LogP contribution in [0.5, 0.6) is 0 Å². The summed E-state index contributed by atoms with van der Waals surface area (Å²) < 4.78 is 40.7. The van der Waals surface area contributed by atoms with E-state index in [4.69, 9.17) is 0 Å². The maximum Gasteiger partial charge on any atom is 0.257 e. The molecule has 3 aromatic rings. The third-order valence-electron chi connectivity index (χ3n) is 3.64. The highest BCUT2D eigenvalue weighted by Gasteiger charge is 2.13. The standard InChI is InChI=1S/C19H14F3N3O/c20-14-5-2-1-4-12(14)10-23-17-9-8-13(11-24-17)19(26)25-18-15(21)6-3-7-16(18)22/h1-9,11H,10H2,(H,23,24)(H,25,26). The molecule has 3 rings (SSSR count). The third kappa shape index (κ3) is 4.00. The van der Waals surface area contributed by atoms with Crippen LogP contribution in [0.25, 0.3) is 0 Å². The summed E-state index contributed by atoms with van der Waals surface area (Å²) in [4.78, 5) is 16.1. The number of nitrogens with one attached hydrogen (secondary N) is 2. The van der Waals surface area contributed by atoms with Crippen molar-refractivity contribution in [2.45, 2.75) is 6.54 Å². The molecule has 132 valence electrons. The predicted octanol–water partition coefficient (Wildman–Crippen LogP) is 4.36. The summed E-state index contributed by atoms with van der Waals surface area (Å²) in [5.41, 5.74) is 0.0921. The lowest BCUT2D eigenvalue weighted by atomic mass is 10.2. The van der Waals surface area contributed by atoms with Crippen molar-refractivity contribution in [3.63, 3.8) is 0 Å². The second-order valence-electron chi connectivity index (χ2n) is 5.43. The molecule has 0 radical (unpaired) electrons. The van der Waals surface area contributed by atoms with Gasteiger partial charge in [0, 0.05) is 18.3 Å². The van der Waals surface area contributed by atoms with Crippen molar-refractivity contribution in [3.8, 4) is 0 Å². The second-order valence-corrected chi connectivity index (χ2v) is 5.43. The molecule has 0 fully saturated rings. The monoisotopic (exact) mass is 357 g/mol. The summed E-state index contributed by atoms with van der Waals surface area (Å²) in [5.74, 6) is -2.32. The summed E-state index contributed by atoms with van der Waals surface area (Å²) in [6, 6.07) is 12.6. The van der Waals surface area contributed by atoms with Crippen molar-refractivity contribution in [3.05, 3.63) is 89.4 Å². The predicted molar refractivity (Wildman–Crippen MR) is 92.3 cm³/mol. The highest BCUT2D eigenvalue weighted by Crippen LogP contribution is 2.19. The Morgan fingerprint density at radius 3 is 2.23 bits per heavy atom. The summed E-state index contributed by atoms with van der Waals surface area (Å²) >= 11 is 0. The van der Waals surface area contributed by atoms with E-state index < -0.39 is 23.2 Å². The van der Waals surface area contributed by atoms with Crippen molar-refractivity contribution in [1.29, 1.82) is 0 Å². The van der Waals surface area contributed by atoms with Crippen LogP contribution < -0.4 is 10.6 Å². The summed E-state index contributed by atoms with van der Waals surface area (Å²) in [6.45, 7) is 0.228. The largest absolute Gasteiger partial charge is 0.366 e. The van der Waals surface area contributed by atoms with Crippen LogP contribution in [0, 0.1) is 17.5 Å². The fraction of sp³-hybridized carbons (Fsp3) is 0.0526. The van der Waals surface area contributed by atoms with Gasteiger partial charge in [0.25, 0.3) is 5.91 Å². The Bertz CT molecular complexity index is 909. The average molecular weight is 357 g/mol. The minimum Gasteiger partial charge on any atom is -0.366 e. The number of hydrogen-bond donors (Lipinski definition) is 2. The Hall–Kier alpha value is -3.35. The number of rotatable bonds is 5. The van der Waals surface area contributed by atoms with Gasteiger partial charge in [0.05, 0.1) is 5.56 Å². The van der Waals surface area contributed by atoms with Crippen LogP contribution in [0.1, 0.15) is 15.9 Å². The molecule has 2 aromatic carbocycles. The van der Waals surface area contributed by atoms with Crippen LogP contribution in [0.4, 0.5) is 24.7 Å². The Kier molecular flexibility index (Phi) is 5.17. The number of hydrogen-bond acceptors (Lipinski definition) is 3. The molecule has 1 heterocycles. The number of para-hydroxylation sites is 1. The van der Waals surface area contributed by atoms with E-state index >= 15 is 0 Å². The Morgan fingerprint density at radius 2 is 1.58 bits per heavy atom. The lowest BCUT2D eigenvalue weighted by molar-refractivity contribution is 0.102. The maximum absolute atomic E-state index is 13.6. The summed E-state index contributed by atoms with van der Waals surface area (Å²) in [6.07, 6.45) is 1.26. The molecular formula is C19H14F3N3O. The van der Waals surface area contributed by atoms with E-state index in [0.29, 0.717) is 11.4 Å². The van der Waals surface area contributed by atoms with Gasteiger partial charge in [-0.2, -0.15) is 0 Å². The zero-order valence-corrected chi connectivity index (χ0v) is 13.5. The first-order valence-corrected chi connectivity index (χ1v) is 7.73. The topological polar surface area (TPSA) is 54.0 Å². The van der Waals surface area contributed by atoms with Gasteiger partial charge in [-0.1, -0.05) is 24.3 Å². The first-order valence-electron chi connectivity index (χ1n) is 7.73. The van der Waals surface area contributed by atoms with Crippen molar-refractivity contribution >= 4 is 17.4 Å². The normalized spacial score (nSPS) is 10.4. The van der Waals surface area contributed by atoms with Gasteiger partial charge in [0.15, 0.2) is 0 Å². The van der Waals surface area contributed by atoms with Crippen LogP contribution >= 0.6 is 0 Å². The average Bonchev–Trinajstić information content (AvgIpc) is 2.64. The number of aromatic nitrogens is 1. The number of carbonyl (C=O) groups excluding carboxylic acids is 1. The summed E-state index contributed by atoms with van der Waals surface area (Å²) in [7, 11) is 0. The quantitative estimate of drug-likeness (QED) is 0.713. The van der Waals surface area contributed by atoms with Gasteiger partial charge < -0.3 is 10.6 Å². The molecule has 26 heavy (non-hydrogen) atoms. The molecule has 1 aromatic heterocycles. The van der Waals surface area contributed by atoms with Gasteiger partial charge in [-0.05, 0) is 30.3 Å². The molecule has 2 N–H and O–H groups in total. The molecule has 0 aliphatic rings. The zero-order valence-electron chi connectivity index (χ0n) is 13.5. The smallest absolute Gasteiger partial charge is 0.257 e. The van der Waals surface area contributed by atoms with Gasteiger partial charge >= 0.3 is 0 Å². The minimum absolute atomic E-state index is 0.129. The Labute approximate surface area is 147 Å². The van der Waals surface area contributed by atoms with E-state index in [0.717, 1.165) is 12.1 Å². The molecule has 1 amide bonds. The van der Waals surface area contributed by atoms with Gasteiger partial charge in [-0.3, -0.25) is 4.79 Å². The van der Waals surface area contributed by atoms with E-state index in [1.807, 2.05) is 0 Å². The van der Waals surface area contributed by atoms with E-state index in [1.54, 1.807) is 18.2 Å². The fourth-order valence-corrected chi connectivity index (χ4v) is 2.26. The van der Waals surface area contributed by atoms with Crippen LogP contribution in [0.2, 0.25) is 0 Å². The van der Waals surface area contributed by atoms with Crippen molar-refractivity contribution < 1.29 is 18.0 Å². The molecule has 0 saturated heterocycles. The van der Waals surface area contributed by atoms with Crippen molar-refractivity contribution in [2.24, 2.45) is 0 Å². The number of halogens is 3. The first kappa shape index (κ1) is 17.5. The molecular weight excluding hydrogens is 343 g/mol. The lowest BCUT2D eigenvalue weighted by Gasteiger charge is -2.09. The van der Waals surface area contributed by atoms with Gasteiger partial charge in [0.1, 0.15) is 29.0 Å². The molecule has 4 nitrogen and oxygen atoms in total. The number of anilines is 2. The molecule has 0 bridgehead atoms. The highest BCUT2D eigenvalue weighted by molar-refractivity contribution is 6.04. The zero-order chi connectivity index (χ0) is 18.5. The SMILES string of the molecule is O=C(Nc1c(F)cccc1F)c1ccc(NCc2ccccc2F)nc1. The minimum atomic E-state index is -0.866. The molecule has 0 aliphatic carbocycles. The van der Waals surface area contributed by atoms with E-state index in [1.165, 1.54) is 30.5 Å². The molecule has 0 aliphatic heterocycles. The van der Waals surface area contributed by atoms with Crippen LogP contribution in [0.3, 0.4) is 0 Å². The van der Waals surface area contributed by atoms with Crippen LogP contribution in [0.15, 0.2) is 60.8 Å². The first-order chi connectivity index (χ1) is 12.5. The number of pyridine rings is 1. The molecule has 0 atom stereocenters. The number of carbonyl (C=O) groups is 1. The van der Waals surface area contributed by atoms with Gasteiger partial charge in [0.2, 0.25) is 0 Å². The molecule has 7 heteroatoms.